The minimum Gasteiger partial charge on any atom is -0.491 e. The van der Waals surface area contributed by atoms with Gasteiger partial charge in [0.25, 0.3) is 0 Å². The standard InChI is InChI=1S/C19H29NO3/c1-15(2)23-18-10-8-17(9-11-18)19(21)22-14-6-13-20-12-5-4-7-16(20)3/h8-11,15-16H,4-7,12-14H2,1-3H3. The zero-order valence-corrected chi connectivity index (χ0v) is 14.6. The summed E-state index contributed by atoms with van der Waals surface area (Å²) < 4.78 is 10.9. The number of carbonyl (C=O) groups is 1. The van der Waals surface area contributed by atoms with Gasteiger partial charge in [-0.2, -0.15) is 0 Å². The number of piperidine rings is 1. The van der Waals surface area contributed by atoms with E-state index in [0.717, 1.165) is 18.7 Å². The second kappa shape index (κ2) is 8.92. The van der Waals surface area contributed by atoms with Gasteiger partial charge in [0.15, 0.2) is 0 Å². The highest BCUT2D eigenvalue weighted by Crippen LogP contribution is 2.17. The van der Waals surface area contributed by atoms with E-state index in [1.807, 2.05) is 26.0 Å². The molecule has 1 heterocycles. The summed E-state index contributed by atoms with van der Waals surface area (Å²) in [5.74, 6) is 0.517. The maximum Gasteiger partial charge on any atom is 0.338 e. The highest BCUT2D eigenvalue weighted by atomic mass is 16.5. The topological polar surface area (TPSA) is 38.8 Å². The monoisotopic (exact) mass is 319 g/mol. The zero-order chi connectivity index (χ0) is 16.7. The van der Waals surface area contributed by atoms with Crippen LogP contribution in [0, 0.1) is 0 Å². The molecule has 4 nitrogen and oxygen atoms in total. The quantitative estimate of drug-likeness (QED) is 0.564. The molecule has 0 amide bonds. The van der Waals surface area contributed by atoms with Gasteiger partial charge in [-0.3, -0.25) is 0 Å². The molecule has 1 unspecified atom stereocenters. The lowest BCUT2D eigenvalue weighted by Crippen LogP contribution is -2.38. The first-order chi connectivity index (χ1) is 11.1. The number of rotatable bonds is 7. The van der Waals surface area contributed by atoms with E-state index in [1.165, 1.54) is 25.8 Å². The second-order valence-corrected chi connectivity index (χ2v) is 6.56. The summed E-state index contributed by atoms with van der Waals surface area (Å²) in [6.07, 6.45) is 4.93. The Balaban J connectivity index is 1.70. The fourth-order valence-corrected chi connectivity index (χ4v) is 2.95. The lowest BCUT2D eigenvalue weighted by atomic mass is 10.0. The van der Waals surface area contributed by atoms with E-state index in [2.05, 4.69) is 11.8 Å². The van der Waals surface area contributed by atoms with Gasteiger partial charge >= 0.3 is 5.97 Å². The molecule has 1 aliphatic rings. The Kier molecular flexibility index (Phi) is 6.90. The van der Waals surface area contributed by atoms with E-state index in [4.69, 9.17) is 9.47 Å². The van der Waals surface area contributed by atoms with E-state index < -0.39 is 0 Å². The van der Waals surface area contributed by atoms with Gasteiger partial charge < -0.3 is 14.4 Å². The normalized spacial score (nSPS) is 18.9. The van der Waals surface area contributed by atoms with Crippen molar-refractivity contribution in [2.45, 2.75) is 58.6 Å². The predicted octanol–water partition coefficient (Wildman–Crippen LogP) is 3.90. The van der Waals surface area contributed by atoms with E-state index >= 15 is 0 Å². The van der Waals surface area contributed by atoms with Crippen LogP contribution in [0.25, 0.3) is 0 Å². The molecule has 1 fully saturated rings. The number of ether oxygens (including phenoxy) is 2. The molecule has 0 spiro atoms. The molecular formula is C19H29NO3. The molecular weight excluding hydrogens is 290 g/mol. The molecule has 0 aromatic heterocycles. The van der Waals surface area contributed by atoms with Crippen molar-refractivity contribution < 1.29 is 14.3 Å². The van der Waals surface area contributed by atoms with Gasteiger partial charge in [-0.1, -0.05) is 6.42 Å². The third-order valence-electron chi connectivity index (χ3n) is 4.23. The molecule has 1 aromatic rings. The summed E-state index contributed by atoms with van der Waals surface area (Å²) in [6, 6.07) is 7.80. The summed E-state index contributed by atoms with van der Waals surface area (Å²) in [5.41, 5.74) is 0.576. The Morgan fingerprint density at radius 2 is 2.00 bits per heavy atom. The van der Waals surface area contributed by atoms with E-state index in [1.54, 1.807) is 12.1 Å². The summed E-state index contributed by atoms with van der Waals surface area (Å²) >= 11 is 0. The molecule has 0 saturated carbocycles. The van der Waals surface area contributed by atoms with Crippen LogP contribution >= 0.6 is 0 Å². The first-order valence-electron chi connectivity index (χ1n) is 8.74. The Morgan fingerprint density at radius 1 is 1.26 bits per heavy atom. The highest BCUT2D eigenvalue weighted by molar-refractivity contribution is 5.89. The fourth-order valence-electron chi connectivity index (χ4n) is 2.95. The van der Waals surface area contributed by atoms with Crippen LogP contribution in [0.5, 0.6) is 5.75 Å². The second-order valence-electron chi connectivity index (χ2n) is 6.56. The molecule has 128 valence electrons. The maximum atomic E-state index is 12.0. The molecule has 0 bridgehead atoms. The van der Waals surface area contributed by atoms with Crippen LogP contribution in [-0.2, 0) is 4.74 Å². The Morgan fingerprint density at radius 3 is 2.65 bits per heavy atom. The molecule has 23 heavy (non-hydrogen) atoms. The van der Waals surface area contributed by atoms with Crippen molar-refractivity contribution in [1.29, 1.82) is 0 Å². The van der Waals surface area contributed by atoms with Crippen LogP contribution in [0.2, 0.25) is 0 Å². The van der Waals surface area contributed by atoms with Crippen molar-refractivity contribution in [2.75, 3.05) is 19.7 Å². The maximum absolute atomic E-state index is 12.0. The molecule has 0 N–H and O–H groups in total. The summed E-state index contributed by atoms with van der Waals surface area (Å²) in [5, 5.41) is 0. The smallest absolute Gasteiger partial charge is 0.338 e. The minimum absolute atomic E-state index is 0.130. The van der Waals surface area contributed by atoms with Crippen molar-refractivity contribution in [3.05, 3.63) is 29.8 Å². The number of hydrogen-bond acceptors (Lipinski definition) is 4. The van der Waals surface area contributed by atoms with E-state index in [-0.39, 0.29) is 12.1 Å². The lowest BCUT2D eigenvalue weighted by molar-refractivity contribution is 0.0475. The molecule has 1 saturated heterocycles. The molecule has 0 radical (unpaired) electrons. The van der Waals surface area contributed by atoms with Crippen molar-refractivity contribution in [3.8, 4) is 5.75 Å². The molecule has 1 atom stereocenters. The van der Waals surface area contributed by atoms with Gasteiger partial charge in [0.2, 0.25) is 0 Å². The van der Waals surface area contributed by atoms with Crippen molar-refractivity contribution in [3.63, 3.8) is 0 Å². The predicted molar refractivity (Wildman–Crippen MR) is 92.0 cm³/mol. The van der Waals surface area contributed by atoms with Crippen molar-refractivity contribution >= 4 is 5.97 Å². The van der Waals surface area contributed by atoms with Crippen molar-refractivity contribution in [1.82, 2.24) is 4.90 Å². The van der Waals surface area contributed by atoms with Crippen molar-refractivity contribution in [2.24, 2.45) is 0 Å². The summed E-state index contributed by atoms with van der Waals surface area (Å²) in [4.78, 5) is 14.5. The Bertz CT molecular complexity index is 484. The van der Waals surface area contributed by atoms with Crippen LogP contribution < -0.4 is 4.74 Å². The van der Waals surface area contributed by atoms with Crippen LogP contribution in [-0.4, -0.2) is 42.7 Å². The summed E-state index contributed by atoms with van der Waals surface area (Å²) in [6.45, 7) is 8.90. The van der Waals surface area contributed by atoms with E-state index in [9.17, 15) is 4.79 Å². The van der Waals surface area contributed by atoms with Crippen LogP contribution in [0.1, 0.15) is 56.8 Å². The van der Waals surface area contributed by atoms with Gasteiger partial charge in [-0.15, -0.1) is 0 Å². The number of likely N-dealkylation sites (tertiary alicyclic amines) is 1. The van der Waals surface area contributed by atoms with E-state index in [0.29, 0.717) is 18.2 Å². The number of esters is 1. The third kappa shape index (κ3) is 5.87. The molecule has 1 aliphatic heterocycles. The average molecular weight is 319 g/mol. The number of nitrogens with zero attached hydrogens (tertiary/aromatic N) is 1. The molecule has 1 aromatic carbocycles. The van der Waals surface area contributed by atoms with Gasteiger partial charge in [0.1, 0.15) is 5.75 Å². The third-order valence-corrected chi connectivity index (χ3v) is 4.23. The number of benzene rings is 1. The largest absolute Gasteiger partial charge is 0.491 e. The first kappa shape index (κ1) is 17.8. The number of carbonyl (C=O) groups excluding carboxylic acids is 1. The van der Waals surface area contributed by atoms with Gasteiger partial charge in [-0.25, -0.2) is 4.79 Å². The van der Waals surface area contributed by atoms with Crippen LogP contribution in [0.3, 0.4) is 0 Å². The fraction of sp³-hybridized carbons (Fsp3) is 0.632. The van der Waals surface area contributed by atoms with Gasteiger partial charge in [0, 0.05) is 12.6 Å². The first-order valence-corrected chi connectivity index (χ1v) is 8.74. The SMILES string of the molecule is CC(C)Oc1ccc(C(=O)OCCCN2CCCCC2C)cc1. The average Bonchev–Trinajstić information content (AvgIpc) is 2.53. The Hall–Kier alpha value is -1.55. The van der Waals surface area contributed by atoms with Crippen LogP contribution in [0.4, 0.5) is 0 Å². The minimum atomic E-state index is -0.257. The zero-order valence-electron chi connectivity index (χ0n) is 14.6. The number of hydrogen-bond donors (Lipinski definition) is 0. The Labute approximate surface area is 139 Å². The molecule has 0 aliphatic carbocycles. The molecule has 4 heteroatoms. The molecule has 2 rings (SSSR count). The highest BCUT2D eigenvalue weighted by Gasteiger charge is 2.17. The summed E-state index contributed by atoms with van der Waals surface area (Å²) in [7, 11) is 0. The van der Waals surface area contributed by atoms with Gasteiger partial charge in [0.05, 0.1) is 18.3 Å². The lowest BCUT2D eigenvalue weighted by Gasteiger charge is -2.33. The van der Waals surface area contributed by atoms with Gasteiger partial charge in [-0.05, 0) is 70.8 Å². The van der Waals surface area contributed by atoms with Crippen LogP contribution in [0.15, 0.2) is 24.3 Å².